The van der Waals surface area contributed by atoms with Crippen molar-refractivity contribution in [3.05, 3.63) is 68.1 Å². The average molecular weight is 483 g/mol. The monoisotopic (exact) mass is 480 g/mol. The van der Waals surface area contributed by atoms with Crippen molar-refractivity contribution in [1.29, 1.82) is 0 Å². The summed E-state index contributed by atoms with van der Waals surface area (Å²) in [6.07, 6.45) is 4.05. The van der Waals surface area contributed by atoms with Crippen LogP contribution in [0.3, 0.4) is 0 Å². The van der Waals surface area contributed by atoms with E-state index in [4.69, 9.17) is 28.2 Å². The maximum atomic E-state index is 6.07. The molecule has 7 heteroatoms. The fourth-order valence-electron chi connectivity index (χ4n) is 2.50. The van der Waals surface area contributed by atoms with Crippen LogP contribution in [0.15, 0.2) is 51.9 Å². The number of benzodiazepines with no additional fused rings is 1. The van der Waals surface area contributed by atoms with E-state index in [1.165, 1.54) is 5.69 Å². The molecule has 0 saturated heterocycles. The third-order valence-corrected chi connectivity index (χ3v) is 4.97. The Balaban J connectivity index is 0.00000156. The highest BCUT2D eigenvalue weighted by atomic mass is 79.9. The van der Waals surface area contributed by atoms with Crippen molar-refractivity contribution in [3.63, 3.8) is 0 Å². The van der Waals surface area contributed by atoms with Gasteiger partial charge in [-0.25, -0.2) is 0 Å². The van der Waals surface area contributed by atoms with Crippen molar-refractivity contribution >= 4 is 81.4 Å². The lowest BCUT2D eigenvalue weighted by Crippen LogP contribution is -2.20. The maximum Gasteiger partial charge on any atom is 0.0668 e. The van der Waals surface area contributed by atoms with E-state index < -0.39 is 0 Å². The molecule has 3 rings (SSSR count). The fourth-order valence-corrected chi connectivity index (χ4v) is 3.15. The molecular weight excluding hydrogens is 466 g/mol. The number of halogens is 5. The van der Waals surface area contributed by atoms with Crippen LogP contribution < -0.4 is 4.90 Å². The summed E-state index contributed by atoms with van der Waals surface area (Å²) in [7, 11) is 2.09. The Morgan fingerprint density at radius 3 is 2.52 bits per heavy atom. The van der Waals surface area contributed by atoms with Crippen LogP contribution in [0.5, 0.6) is 0 Å². The molecular formula is C18H17BrCl4N2. The summed E-state index contributed by atoms with van der Waals surface area (Å²) in [5, 5.41) is 1.12. The molecule has 0 saturated carbocycles. The number of benzene rings is 2. The van der Waals surface area contributed by atoms with E-state index in [0.29, 0.717) is 10.0 Å². The summed E-state index contributed by atoms with van der Waals surface area (Å²) in [5.74, 6) is 0. The van der Waals surface area contributed by atoms with Crippen molar-refractivity contribution < 1.29 is 0 Å². The topological polar surface area (TPSA) is 15.6 Å². The summed E-state index contributed by atoms with van der Waals surface area (Å²) in [6.45, 7) is 1.66. The Kier molecular flexibility index (Phi) is 8.79. The van der Waals surface area contributed by atoms with Crippen LogP contribution in [0.2, 0.25) is 10.0 Å². The summed E-state index contributed by atoms with van der Waals surface area (Å²) in [4.78, 5) is 6.94. The van der Waals surface area contributed by atoms with E-state index in [-0.39, 0.29) is 24.8 Å². The van der Waals surface area contributed by atoms with Gasteiger partial charge in [0.25, 0.3) is 0 Å². The molecule has 0 aromatic heterocycles. The van der Waals surface area contributed by atoms with E-state index in [1.807, 2.05) is 30.4 Å². The van der Waals surface area contributed by atoms with Gasteiger partial charge in [-0.2, -0.15) is 0 Å². The van der Waals surface area contributed by atoms with Gasteiger partial charge >= 0.3 is 0 Å². The Hall–Kier alpha value is -0.710. The first-order valence-electron chi connectivity index (χ1n) is 7.23. The number of hydrogen-bond donors (Lipinski definition) is 0. The molecule has 0 fully saturated rings. The van der Waals surface area contributed by atoms with Crippen molar-refractivity contribution in [1.82, 2.24) is 0 Å². The summed E-state index contributed by atoms with van der Waals surface area (Å²) >= 11 is 15.6. The molecule has 1 heterocycles. The van der Waals surface area contributed by atoms with E-state index in [1.54, 1.807) is 6.07 Å². The third-order valence-electron chi connectivity index (χ3n) is 3.74. The number of allylic oxidation sites excluding steroid dienone is 1. The molecule has 2 aromatic carbocycles. The van der Waals surface area contributed by atoms with Crippen LogP contribution in [0.1, 0.15) is 11.1 Å². The highest BCUT2D eigenvalue weighted by molar-refractivity contribution is 9.10. The quantitative estimate of drug-likeness (QED) is 0.473. The van der Waals surface area contributed by atoms with E-state index in [2.05, 4.69) is 40.0 Å². The van der Waals surface area contributed by atoms with Crippen LogP contribution in [-0.2, 0) is 0 Å². The van der Waals surface area contributed by atoms with Crippen LogP contribution in [0, 0.1) is 0 Å². The Morgan fingerprint density at radius 2 is 1.80 bits per heavy atom. The molecule has 0 unspecified atom stereocenters. The second kappa shape index (κ2) is 9.84. The first-order valence-corrected chi connectivity index (χ1v) is 8.78. The average Bonchev–Trinajstić information content (AvgIpc) is 2.68. The van der Waals surface area contributed by atoms with Crippen molar-refractivity contribution in [2.45, 2.75) is 0 Å². The lowest BCUT2D eigenvalue weighted by atomic mass is 10.1. The van der Waals surface area contributed by atoms with Gasteiger partial charge in [0, 0.05) is 29.3 Å². The minimum atomic E-state index is 0. The molecule has 0 atom stereocenters. The molecule has 2 aromatic rings. The SMILES string of the molecule is CN1CCN=C(C=Cc2ccc(Cl)c(Cl)c2)c2ccc(Br)cc21.Cl.Cl. The smallest absolute Gasteiger partial charge is 0.0668 e. The van der Waals surface area contributed by atoms with Gasteiger partial charge in [0.15, 0.2) is 0 Å². The number of likely N-dealkylation sites (N-methyl/N-ethyl adjacent to an activating group) is 1. The minimum absolute atomic E-state index is 0. The molecule has 0 spiro atoms. The Morgan fingerprint density at radius 1 is 1.04 bits per heavy atom. The van der Waals surface area contributed by atoms with Crippen molar-refractivity contribution in [3.8, 4) is 0 Å². The second-order valence-electron chi connectivity index (χ2n) is 5.36. The third kappa shape index (κ3) is 5.38. The van der Waals surface area contributed by atoms with E-state index >= 15 is 0 Å². The lowest BCUT2D eigenvalue weighted by molar-refractivity contribution is 0.896. The fraction of sp³-hybridized carbons (Fsp3) is 0.167. The summed E-state index contributed by atoms with van der Waals surface area (Å²) in [5.41, 5.74) is 4.28. The Bertz CT molecular complexity index is 806. The summed E-state index contributed by atoms with van der Waals surface area (Å²) in [6, 6.07) is 11.9. The Labute approximate surface area is 178 Å². The van der Waals surface area contributed by atoms with Gasteiger partial charge in [-0.15, -0.1) is 24.8 Å². The molecule has 25 heavy (non-hydrogen) atoms. The summed E-state index contributed by atoms with van der Waals surface area (Å²) < 4.78 is 1.07. The molecule has 1 aliphatic heterocycles. The maximum absolute atomic E-state index is 6.07. The number of rotatable bonds is 2. The van der Waals surface area contributed by atoms with Gasteiger partial charge in [-0.05, 0) is 42.0 Å². The van der Waals surface area contributed by atoms with Gasteiger partial charge in [-0.3, -0.25) is 4.99 Å². The van der Waals surface area contributed by atoms with Gasteiger partial charge in [0.1, 0.15) is 0 Å². The molecule has 0 aliphatic carbocycles. The first kappa shape index (κ1) is 22.3. The molecule has 0 amide bonds. The van der Waals surface area contributed by atoms with E-state index in [9.17, 15) is 0 Å². The highest BCUT2D eigenvalue weighted by Crippen LogP contribution is 2.28. The molecule has 0 bridgehead atoms. The van der Waals surface area contributed by atoms with Crippen molar-refractivity contribution in [2.24, 2.45) is 4.99 Å². The molecule has 134 valence electrons. The van der Waals surface area contributed by atoms with E-state index in [0.717, 1.165) is 34.4 Å². The first-order chi connectivity index (χ1) is 11.0. The zero-order chi connectivity index (χ0) is 16.4. The number of nitrogens with zero attached hydrogens (tertiary/aromatic N) is 2. The van der Waals surface area contributed by atoms with Gasteiger partial charge in [0.05, 0.1) is 22.3 Å². The standard InChI is InChI=1S/C18H15BrCl2N2.2ClH/c1-23-9-8-22-17(14-5-4-13(19)11-18(14)23)7-3-12-2-6-15(20)16(21)10-12;;/h2-7,10-11H,8-9H2,1H3;2*1H. The number of aliphatic imine (C=N–C) groups is 1. The zero-order valence-electron chi connectivity index (χ0n) is 13.4. The van der Waals surface area contributed by atoms with Crippen molar-refractivity contribution in [2.75, 3.05) is 25.0 Å². The molecule has 2 nitrogen and oxygen atoms in total. The highest BCUT2D eigenvalue weighted by Gasteiger charge is 2.14. The number of anilines is 1. The van der Waals surface area contributed by atoms with Crippen LogP contribution >= 0.6 is 63.9 Å². The molecule has 0 radical (unpaired) electrons. The van der Waals surface area contributed by atoms with Gasteiger partial charge < -0.3 is 4.90 Å². The number of fused-ring (bicyclic) bond motifs is 1. The van der Waals surface area contributed by atoms with Gasteiger partial charge in [0.2, 0.25) is 0 Å². The molecule has 1 aliphatic rings. The normalized spacial score (nSPS) is 13.4. The van der Waals surface area contributed by atoms with Crippen LogP contribution in [-0.4, -0.2) is 25.8 Å². The van der Waals surface area contributed by atoms with Crippen LogP contribution in [0.4, 0.5) is 5.69 Å². The largest absolute Gasteiger partial charge is 0.372 e. The predicted molar refractivity (Wildman–Crippen MR) is 119 cm³/mol. The second-order valence-corrected chi connectivity index (χ2v) is 7.09. The lowest BCUT2D eigenvalue weighted by Gasteiger charge is -2.19. The van der Waals surface area contributed by atoms with Gasteiger partial charge in [-0.1, -0.05) is 51.3 Å². The predicted octanol–water partition coefficient (Wildman–Crippen LogP) is 6.55. The number of hydrogen-bond acceptors (Lipinski definition) is 2. The minimum Gasteiger partial charge on any atom is -0.372 e. The molecule has 0 N–H and O–H groups in total. The zero-order valence-corrected chi connectivity index (χ0v) is 18.1. The van der Waals surface area contributed by atoms with Crippen LogP contribution in [0.25, 0.3) is 6.08 Å².